The molecule has 1 aromatic heterocycles. The van der Waals surface area contributed by atoms with E-state index in [0.717, 1.165) is 18.6 Å². The van der Waals surface area contributed by atoms with Gasteiger partial charge in [0.1, 0.15) is 11.8 Å². The number of nitrogens with zero attached hydrogens (tertiary/aromatic N) is 2. The molecule has 2 aliphatic rings. The summed E-state index contributed by atoms with van der Waals surface area (Å²) in [6.45, 7) is 0. The minimum Gasteiger partial charge on any atom is -0.480 e. The molecular weight excluding hydrogens is 256 g/mol. The first-order valence-electron chi connectivity index (χ1n) is 5.75. The van der Waals surface area contributed by atoms with E-state index in [-0.39, 0.29) is 11.6 Å². The predicted molar refractivity (Wildman–Crippen MR) is 63.4 cm³/mol. The van der Waals surface area contributed by atoms with Crippen LogP contribution in [0.15, 0.2) is 10.6 Å². The van der Waals surface area contributed by atoms with Crippen molar-refractivity contribution in [3.8, 4) is 0 Å². The van der Waals surface area contributed by atoms with Crippen molar-refractivity contribution in [3.63, 3.8) is 0 Å². The topological polar surface area (TPSA) is 83.6 Å². The van der Waals surface area contributed by atoms with Crippen LogP contribution < -0.4 is 0 Å². The van der Waals surface area contributed by atoms with E-state index in [1.165, 1.54) is 16.7 Å². The molecule has 1 saturated heterocycles. The van der Waals surface area contributed by atoms with E-state index in [2.05, 4.69) is 5.16 Å². The van der Waals surface area contributed by atoms with Gasteiger partial charge in [0.15, 0.2) is 5.69 Å². The summed E-state index contributed by atoms with van der Waals surface area (Å²) in [6, 6.07) is 0.880. The van der Waals surface area contributed by atoms with Gasteiger partial charge in [-0.15, -0.1) is 11.8 Å². The molecule has 6 nitrogen and oxygen atoms in total. The van der Waals surface area contributed by atoms with Crippen LogP contribution in [0.3, 0.4) is 0 Å². The van der Waals surface area contributed by atoms with Gasteiger partial charge in [0.2, 0.25) is 0 Å². The van der Waals surface area contributed by atoms with Crippen molar-refractivity contribution in [2.75, 3.05) is 11.6 Å². The van der Waals surface area contributed by atoms with Gasteiger partial charge in [0, 0.05) is 17.7 Å². The molecule has 1 aliphatic heterocycles. The molecule has 0 unspecified atom stereocenters. The van der Waals surface area contributed by atoms with Crippen molar-refractivity contribution in [2.45, 2.75) is 24.8 Å². The van der Waals surface area contributed by atoms with Gasteiger partial charge in [-0.1, -0.05) is 5.16 Å². The first-order chi connectivity index (χ1) is 8.66. The number of carboxylic acid groups (broad SMARTS) is 1. The van der Waals surface area contributed by atoms with Gasteiger partial charge in [0.05, 0.1) is 5.88 Å². The molecule has 2 heterocycles. The van der Waals surface area contributed by atoms with Crippen LogP contribution >= 0.6 is 11.8 Å². The maximum Gasteiger partial charge on any atom is 0.327 e. The molecule has 1 amide bonds. The van der Waals surface area contributed by atoms with Crippen LogP contribution in [-0.4, -0.2) is 44.7 Å². The summed E-state index contributed by atoms with van der Waals surface area (Å²) in [6.07, 6.45) is 2.14. The van der Waals surface area contributed by atoms with Gasteiger partial charge in [-0.2, -0.15) is 0 Å². The van der Waals surface area contributed by atoms with Crippen molar-refractivity contribution >= 4 is 23.6 Å². The lowest BCUT2D eigenvalue weighted by molar-refractivity contribution is -0.140. The number of carboxylic acids is 1. The van der Waals surface area contributed by atoms with E-state index >= 15 is 0 Å². The lowest BCUT2D eigenvalue weighted by atomic mass is 10.2. The summed E-state index contributed by atoms with van der Waals surface area (Å²) in [4.78, 5) is 24.5. The second-order valence-corrected chi connectivity index (χ2v) is 5.52. The molecular formula is C11H12N2O4S. The Kier molecular flexibility index (Phi) is 2.77. The van der Waals surface area contributed by atoms with Crippen LogP contribution in [-0.2, 0) is 4.79 Å². The number of hydrogen-bond donors (Lipinski definition) is 1. The van der Waals surface area contributed by atoms with E-state index in [1.54, 1.807) is 6.07 Å². The van der Waals surface area contributed by atoms with E-state index in [1.807, 2.05) is 0 Å². The molecule has 18 heavy (non-hydrogen) atoms. The van der Waals surface area contributed by atoms with Gasteiger partial charge in [-0.05, 0) is 12.8 Å². The maximum absolute atomic E-state index is 12.1. The smallest absolute Gasteiger partial charge is 0.327 e. The van der Waals surface area contributed by atoms with Crippen molar-refractivity contribution < 1.29 is 19.2 Å². The molecule has 1 aliphatic carbocycles. The quantitative estimate of drug-likeness (QED) is 0.885. The fraction of sp³-hybridized carbons (Fsp3) is 0.545. The molecule has 0 aromatic carbocycles. The number of carbonyl (C=O) groups excluding carboxylic acids is 1. The molecule has 3 rings (SSSR count). The second-order valence-electron chi connectivity index (χ2n) is 4.52. The van der Waals surface area contributed by atoms with Crippen LogP contribution in [0.2, 0.25) is 0 Å². The van der Waals surface area contributed by atoms with Crippen LogP contribution in [0, 0.1) is 0 Å². The third kappa shape index (κ3) is 1.98. The highest BCUT2D eigenvalue weighted by Gasteiger charge is 2.37. The summed E-state index contributed by atoms with van der Waals surface area (Å²) in [5, 5.41) is 12.8. The number of thioether (sulfide) groups is 1. The Morgan fingerprint density at radius 2 is 2.28 bits per heavy atom. The van der Waals surface area contributed by atoms with E-state index in [4.69, 9.17) is 9.63 Å². The monoisotopic (exact) mass is 268 g/mol. The number of rotatable bonds is 3. The molecule has 0 bridgehead atoms. The number of amides is 1. The highest BCUT2D eigenvalue weighted by atomic mass is 32.2. The summed E-state index contributed by atoms with van der Waals surface area (Å²) < 4.78 is 5.11. The van der Waals surface area contributed by atoms with E-state index in [0.29, 0.717) is 17.5 Å². The van der Waals surface area contributed by atoms with Gasteiger partial charge >= 0.3 is 5.97 Å². The number of aromatic nitrogens is 1. The molecule has 0 radical (unpaired) electrons. The number of carbonyl (C=O) groups is 2. The van der Waals surface area contributed by atoms with Gasteiger partial charge in [-0.25, -0.2) is 4.79 Å². The Labute approximate surface area is 107 Å². The predicted octanol–water partition coefficient (Wildman–Crippen LogP) is 1.15. The third-order valence-electron chi connectivity index (χ3n) is 3.16. The fourth-order valence-corrected chi connectivity index (χ4v) is 3.09. The average molecular weight is 268 g/mol. The van der Waals surface area contributed by atoms with Crippen molar-refractivity contribution in [3.05, 3.63) is 17.5 Å². The highest BCUT2D eigenvalue weighted by molar-refractivity contribution is 7.99. The van der Waals surface area contributed by atoms with E-state index in [9.17, 15) is 9.59 Å². The number of hydrogen-bond acceptors (Lipinski definition) is 5. The molecule has 96 valence electrons. The standard InChI is InChI=1S/C11H12N2O4S/c14-10(13-5-18-4-8(13)11(15)16)7-3-9(17-12-7)6-1-2-6/h3,6,8H,1-2,4-5H2,(H,15,16)/t8-/m0/s1. The van der Waals surface area contributed by atoms with Crippen LogP contribution in [0.1, 0.15) is 35.0 Å². The van der Waals surface area contributed by atoms with Gasteiger partial charge in [-0.3, -0.25) is 4.79 Å². The summed E-state index contributed by atoms with van der Waals surface area (Å²) in [5.41, 5.74) is 0.214. The van der Waals surface area contributed by atoms with Crippen molar-refractivity contribution in [1.29, 1.82) is 0 Å². The molecule has 1 atom stereocenters. The molecule has 1 N–H and O–H groups in total. The van der Waals surface area contributed by atoms with Gasteiger partial charge in [0.25, 0.3) is 5.91 Å². The van der Waals surface area contributed by atoms with Gasteiger partial charge < -0.3 is 14.5 Å². The van der Waals surface area contributed by atoms with E-state index < -0.39 is 12.0 Å². The highest BCUT2D eigenvalue weighted by Crippen LogP contribution is 2.40. The summed E-state index contributed by atoms with van der Waals surface area (Å²) >= 11 is 1.43. The van der Waals surface area contributed by atoms with Crippen LogP contribution in [0.5, 0.6) is 0 Å². The largest absolute Gasteiger partial charge is 0.480 e. The Bertz CT molecular complexity index is 497. The Morgan fingerprint density at radius 3 is 2.94 bits per heavy atom. The van der Waals surface area contributed by atoms with Crippen molar-refractivity contribution in [1.82, 2.24) is 10.1 Å². The summed E-state index contributed by atoms with van der Waals surface area (Å²) in [5.74, 6) is 0.609. The average Bonchev–Trinajstić information content (AvgIpc) is 2.92. The number of aliphatic carboxylic acids is 1. The van der Waals surface area contributed by atoms with Crippen molar-refractivity contribution in [2.24, 2.45) is 0 Å². The first-order valence-corrected chi connectivity index (χ1v) is 6.90. The second kappa shape index (κ2) is 4.31. The fourth-order valence-electron chi connectivity index (χ4n) is 1.94. The molecule has 0 spiro atoms. The van der Waals surface area contributed by atoms with Crippen LogP contribution in [0.25, 0.3) is 0 Å². The molecule has 2 fully saturated rings. The minimum absolute atomic E-state index is 0.214. The summed E-state index contributed by atoms with van der Waals surface area (Å²) in [7, 11) is 0. The molecule has 7 heteroatoms. The molecule has 1 saturated carbocycles. The normalized spacial score (nSPS) is 23.3. The first kappa shape index (κ1) is 11.6. The lowest BCUT2D eigenvalue weighted by Gasteiger charge is -2.18. The maximum atomic E-state index is 12.1. The SMILES string of the molecule is O=C(O)[C@@H]1CSCN1C(=O)c1cc(C2CC2)on1. The zero-order valence-corrected chi connectivity index (χ0v) is 10.4. The third-order valence-corrected chi connectivity index (χ3v) is 4.17. The minimum atomic E-state index is -0.973. The zero-order chi connectivity index (χ0) is 12.7. The zero-order valence-electron chi connectivity index (χ0n) is 9.54. The van der Waals surface area contributed by atoms with Crippen LogP contribution in [0.4, 0.5) is 0 Å². The lowest BCUT2D eigenvalue weighted by Crippen LogP contribution is -2.41. The Hall–Kier alpha value is -1.50. The molecule has 1 aromatic rings. The Balaban J connectivity index is 1.78. The Morgan fingerprint density at radius 1 is 1.50 bits per heavy atom.